The first-order chi connectivity index (χ1) is 8.99. The van der Waals surface area contributed by atoms with Crippen LogP contribution in [0, 0.1) is 13.8 Å². The predicted molar refractivity (Wildman–Crippen MR) is 76.6 cm³/mol. The van der Waals surface area contributed by atoms with E-state index in [4.69, 9.17) is 14.9 Å². The maximum absolute atomic E-state index is 11.7. The summed E-state index contributed by atoms with van der Waals surface area (Å²) < 4.78 is 10.3. The van der Waals surface area contributed by atoms with Gasteiger partial charge in [0.15, 0.2) is 0 Å². The fraction of sp³-hybridized carbons (Fsp3) is 0.357. The smallest absolute Gasteiger partial charge is 0.350 e. The number of carbonyl (C=O) groups excluding carboxylic acids is 1. The molecule has 0 unspecified atom stereocenters. The van der Waals surface area contributed by atoms with E-state index < -0.39 is 0 Å². The summed E-state index contributed by atoms with van der Waals surface area (Å²) in [6, 6.07) is 1.97. The van der Waals surface area contributed by atoms with E-state index in [0.29, 0.717) is 10.6 Å². The fourth-order valence-corrected chi connectivity index (χ4v) is 3.44. The minimum atomic E-state index is -0.388. The topological polar surface area (TPSA) is 65.5 Å². The second-order valence-electron chi connectivity index (χ2n) is 4.32. The Bertz CT molecular complexity index is 625. The third-order valence-corrected chi connectivity index (χ3v) is 4.32. The number of methoxy groups -OCH3 is 1. The zero-order valence-electron chi connectivity index (χ0n) is 11.5. The highest BCUT2D eigenvalue weighted by Crippen LogP contribution is 2.41. The molecule has 4 nitrogen and oxygen atoms in total. The molecule has 2 N–H and O–H groups in total. The van der Waals surface area contributed by atoms with Gasteiger partial charge < -0.3 is 14.9 Å². The van der Waals surface area contributed by atoms with Gasteiger partial charge in [0.25, 0.3) is 0 Å². The van der Waals surface area contributed by atoms with Crippen LogP contribution in [0.15, 0.2) is 10.5 Å². The number of hydrogen-bond acceptors (Lipinski definition) is 5. The summed E-state index contributed by atoms with van der Waals surface area (Å²) in [5.41, 5.74) is 8.57. The molecule has 0 spiro atoms. The Labute approximate surface area is 116 Å². The molecule has 2 aromatic rings. The van der Waals surface area contributed by atoms with Crippen molar-refractivity contribution in [2.24, 2.45) is 0 Å². The molecule has 0 radical (unpaired) electrons. The summed E-state index contributed by atoms with van der Waals surface area (Å²) in [7, 11) is 1.36. The number of furan rings is 1. The second-order valence-corrected chi connectivity index (χ2v) is 5.35. The Morgan fingerprint density at radius 3 is 2.63 bits per heavy atom. The maximum Gasteiger partial charge on any atom is 0.350 e. The van der Waals surface area contributed by atoms with Gasteiger partial charge in [-0.15, -0.1) is 11.3 Å². The van der Waals surface area contributed by atoms with Crippen molar-refractivity contribution in [1.82, 2.24) is 0 Å². The van der Waals surface area contributed by atoms with Gasteiger partial charge in [0.05, 0.1) is 12.8 Å². The lowest BCUT2D eigenvalue weighted by molar-refractivity contribution is 0.0607. The van der Waals surface area contributed by atoms with Gasteiger partial charge in [-0.25, -0.2) is 4.79 Å². The Morgan fingerprint density at radius 1 is 1.47 bits per heavy atom. The summed E-state index contributed by atoms with van der Waals surface area (Å²) in [6.45, 7) is 5.83. The van der Waals surface area contributed by atoms with E-state index >= 15 is 0 Å². The predicted octanol–water partition coefficient (Wildman–Crippen LogP) is 3.56. The lowest BCUT2D eigenvalue weighted by Gasteiger charge is -2.00. The number of nitrogens with two attached hydrogens (primary N) is 1. The Morgan fingerprint density at radius 2 is 2.16 bits per heavy atom. The molecule has 0 saturated carbocycles. The average Bonchev–Trinajstić information content (AvgIpc) is 2.88. The highest BCUT2D eigenvalue weighted by molar-refractivity contribution is 7.18. The molecule has 0 aliphatic carbocycles. The first-order valence-electron chi connectivity index (χ1n) is 6.06. The standard InChI is InChI=1S/C14H17NO3S/c1-5-9-11(15)13(14(16)17-4)19-12(9)10-6-7(2)18-8(10)3/h6H,5,15H2,1-4H3. The number of nitrogen functional groups attached to an aromatic ring is 1. The first-order valence-corrected chi connectivity index (χ1v) is 6.88. The van der Waals surface area contributed by atoms with Gasteiger partial charge in [-0.05, 0) is 31.9 Å². The van der Waals surface area contributed by atoms with Crippen molar-refractivity contribution in [3.8, 4) is 10.4 Å². The number of esters is 1. The number of thiophene rings is 1. The number of aryl methyl sites for hydroxylation is 2. The van der Waals surface area contributed by atoms with Crippen LogP contribution in [0.25, 0.3) is 10.4 Å². The van der Waals surface area contributed by atoms with Crippen molar-refractivity contribution in [3.63, 3.8) is 0 Å². The molecule has 0 atom stereocenters. The molecule has 2 rings (SSSR count). The van der Waals surface area contributed by atoms with Gasteiger partial charge in [0.2, 0.25) is 0 Å². The van der Waals surface area contributed by atoms with Crippen molar-refractivity contribution in [2.45, 2.75) is 27.2 Å². The molecule has 0 amide bonds. The monoisotopic (exact) mass is 279 g/mol. The van der Waals surface area contributed by atoms with Crippen LogP contribution < -0.4 is 5.73 Å². The summed E-state index contributed by atoms with van der Waals surface area (Å²) >= 11 is 1.36. The third-order valence-electron chi connectivity index (χ3n) is 3.06. The van der Waals surface area contributed by atoms with Crippen molar-refractivity contribution < 1.29 is 13.9 Å². The van der Waals surface area contributed by atoms with E-state index in [-0.39, 0.29) is 5.97 Å². The molecule has 0 aliphatic rings. The molecule has 0 aromatic carbocycles. The number of anilines is 1. The molecule has 0 bridgehead atoms. The van der Waals surface area contributed by atoms with Crippen molar-refractivity contribution in [3.05, 3.63) is 28.0 Å². The van der Waals surface area contributed by atoms with Crippen LogP contribution in [0.1, 0.15) is 33.7 Å². The molecular weight excluding hydrogens is 262 g/mol. The average molecular weight is 279 g/mol. The Kier molecular flexibility index (Phi) is 3.66. The van der Waals surface area contributed by atoms with E-state index in [0.717, 1.165) is 33.9 Å². The van der Waals surface area contributed by atoms with Gasteiger partial charge in [-0.3, -0.25) is 0 Å². The van der Waals surface area contributed by atoms with Crippen LogP contribution in [-0.2, 0) is 11.2 Å². The minimum absolute atomic E-state index is 0.388. The largest absolute Gasteiger partial charge is 0.466 e. The first kappa shape index (κ1) is 13.7. The number of hydrogen-bond donors (Lipinski definition) is 1. The summed E-state index contributed by atoms with van der Waals surface area (Å²) in [4.78, 5) is 13.2. The molecule has 2 heterocycles. The molecule has 19 heavy (non-hydrogen) atoms. The quantitative estimate of drug-likeness (QED) is 0.872. The number of ether oxygens (including phenoxy) is 1. The SMILES string of the molecule is CCc1c(-c2cc(C)oc2C)sc(C(=O)OC)c1N. The van der Waals surface area contributed by atoms with Crippen LogP contribution in [0.4, 0.5) is 5.69 Å². The van der Waals surface area contributed by atoms with Gasteiger partial charge in [0.1, 0.15) is 16.4 Å². The maximum atomic E-state index is 11.7. The van der Waals surface area contributed by atoms with E-state index in [9.17, 15) is 4.79 Å². The molecule has 2 aromatic heterocycles. The van der Waals surface area contributed by atoms with Crippen LogP contribution in [0.2, 0.25) is 0 Å². The Hall–Kier alpha value is -1.75. The van der Waals surface area contributed by atoms with Gasteiger partial charge in [0, 0.05) is 10.4 Å². The molecular formula is C14H17NO3S. The molecule has 0 saturated heterocycles. The highest BCUT2D eigenvalue weighted by Gasteiger charge is 2.23. The van der Waals surface area contributed by atoms with Crippen molar-refractivity contribution in [1.29, 1.82) is 0 Å². The third kappa shape index (κ3) is 2.26. The normalized spacial score (nSPS) is 10.7. The molecule has 102 valence electrons. The van der Waals surface area contributed by atoms with E-state index in [1.165, 1.54) is 18.4 Å². The van der Waals surface area contributed by atoms with Crippen LogP contribution in [0.3, 0.4) is 0 Å². The van der Waals surface area contributed by atoms with Crippen LogP contribution >= 0.6 is 11.3 Å². The minimum Gasteiger partial charge on any atom is -0.466 e. The fourth-order valence-electron chi connectivity index (χ4n) is 2.15. The zero-order chi connectivity index (χ0) is 14.2. The molecule has 5 heteroatoms. The summed E-state index contributed by atoms with van der Waals surface area (Å²) in [5.74, 6) is 1.30. The van der Waals surface area contributed by atoms with Crippen molar-refractivity contribution >= 4 is 23.0 Å². The summed E-state index contributed by atoms with van der Waals surface area (Å²) in [5, 5.41) is 0. The van der Waals surface area contributed by atoms with E-state index in [1.807, 2.05) is 26.8 Å². The lowest BCUT2D eigenvalue weighted by atomic mass is 10.1. The van der Waals surface area contributed by atoms with E-state index in [2.05, 4.69) is 0 Å². The Balaban J connectivity index is 2.64. The van der Waals surface area contributed by atoms with Gasteiger partial charge in [-0.2, -0.15) is 0 Å². The van der Waals surface area contributed by atoms with Gasteiger partial charge in [-0.1, -0.05) is 6.92 Å². The van der Waals surface area contributed by atoms with Crippen LogP contribution in [-0.4, -0.2) is 13.1 Å². The van der Waals surface area contributed by atoms with Crippen molar-refractivity contribution in [2.75, 3.05) is 12.8 Å². The zero-order valence-corrected chi connectivity index (χ0v) is 12.3. The van der Waals surface area contributed by atoms with E-state index in [1.54, 1.807) is 0 Å². The van der Waals surface area contributed by atoms with Gasteiger partial charge >= 0.3 is 5.97 Å². The molecule has 0 fully saturated rings. The number of rotatable bonds is 3. The number of carbonyl (C=O) groups is 1. The lowest BCUT2D eigenvalue weighted by Crippen LogP contribution is -2.02. The highest BCUT2D eigenvalue weighted by atomic mass is 32.1. The molecule has 0 aliphatic heterocycles. The second kappa shape index (κ2) is 5.09. The van der Waals surface area contributed by atoms with Crippen LogP contribution in [0.5, 0.6) is 0 Å². The summed E-state index contributed by atoms with van der Waals surface area (Å²) in [6.07, 6.45) is 0.762.